The number of phenols is 1. The summed E-state index contributed by atoms with van der Waals surface area (Å²) in [4.78, 5) is 21.1. The van der Waals surface area contributed by atoms with Gasteiger partial charge >= 0.3 is 5.97 Å². The molecule has 0 spiro atoms. The van der Waals surface area contributed by atoms with Gasteiger partial charge in [0.2, 0.25) is 0 Å². The van der Waals surface area contributed by atoms with E-state index in [1.807, 2.05) is 0 Å². The normalized spacial score (nSPS) is 10.6. The molecule has 0 amide bonds. The predicted molar refractivity (Wildman–Crippen MR) is 84.8 cm³/mol. The molecule has 22 heavy (non-hydrogen) atoms. The topological polar surface area (TPSA) is 84.3 Å². The Morgan fingerprint density at radius 3 is 3.05 bits per heavy atom. The van der Waals surface area contributed by atoms with Crippen LogP contribution in [-0.2, 0) is 4.74 Å². The van der Waals surface area contributed by atoms with E-state index >= 15 is 0 Å². The molecule has 3 rings (SSSR count). The third-order valence-electron chi connectivity index (χ3n) is 2.97. The minimum Gasteiger partial charge on any atom is -0.508 e. The summed E-state index contributed by atoms with van der Waals surface area (Å²) in [6.07, 6.45) is 1.43. The van der Waals surface area contributed by atoms with Crippen LogP contribution in [0.3, 0.4) is 0 Å². The summed E-state index contributed by atoms with van der Waals surface area (Å²) < 4.78 is 5.06. The highest BCUT2D eigenvalue weighted by molar-refractivity contribution is 7.17. The lowest BCUT2D eigenvalue weighted by Gasteiger charge is -2.08. The number of thiophene rings is 1. The number of esters is 1. The minimum atomic E-state index is -0.400. The number of rotatable bonds is 4. The van der Waals surface area contributed by atoms with Gasteiger partial charge in [-0.15, -0.1) is 11.3 Å². The SMILES string of the molecule is CCOC(=O)c1csc2ncnc(Nc3cccc(O)c3)c12. The Morgan fingerprint density at radius 1 is 1.41 bits per heavy atom. The molecule has 0 aliphatic heterocycles. The number of carbonyl (C=O) groups is 1. The second-order valence-corrected chi connectivity index (χ2v) is 5.31. The maximum atomic E-state index is 12.0. The minimum absolute atomic E-state index is 0.145. The molecule has 0 unspecified atom stereocenters. The molecule has 112 valence electrons. The van der Waals surface area contributed by atoms with Crippen molar-refractivity contribution in [2.45, 2.75) is 6.92 Å². The number of ether oxygens (including phenoxy) is 1. The van der Waals surface area contributed by atoms with Crippen LogP contribution in [0.1, 0.15) is 17.3 Å². The lowest BCUT2D eigenvalue weighted by atomic mass is 10.2. The van der Waals surface area contributed by atoms with E-state index in [-0.39, 0.29) is 5.75 Å². The average molecular weight is 315 g/mol. The summed E-state index contributed by atoms with van der Waals surface area (Å²) in [6, 6.07) is 6.67. The number of fused-ring (bicyclic) bond motifs is 1. The zero-order valence-corrected chi connectivity index (χ0v) is 12.6. The molecule has 1 aromatic carbocycles. The first kappa shape index (κ1) is 14.3. The van der Waals surface area contributed by atoms with E-state index in [0.29, 0.717) is 33.9 Å². The number of anilines is 2. The molecule has 0 radical (unpaired) electrons. The smallest absolute Gasteiger partial charge is 0.339 e. The first-order valence-electron chi connectivity index (χ1n) is 6.64. The number of phenolic OH excluding ortho intramolecular Hbond substituents is 1. The number of nitrogens with zero attached hydrogens (tertiary/aromatic N) is 2. The molecule has 0 saturated carbocycles. The van der Waals surface area contributed by atoms with Gasteiger partial charge in [-0.1, -0.05) is 6.07 Å². The number of aromatic nitrogens is 2. The predicted octanol–water partition coefficient (Wildman–Crippen LogP) is 3.32. The van der Waals surface area contributed by atoms with Gasteiger partial charge in [0, 0.05) is 17.1 Å². The van der Waals surface area contributed by atoms with E-state index in [9.17, 15) is 9.90 Å². The standard InChI is InChI=1S/C15H13N3O3S/c1-2-21-15(20)11-7-22-14-12(11)13(16-8-17-14)18-9-4-3-5-10(19)6-9/h3-8,19H,2H2,1H3,(H,16,17,18). The van der Waals surface area contributed by atoms with Crippen molar-refractivity contribution in [1.82, 2.24) is 9.97 Å². The van der Waals surface area contributed by atoms with Crippen LogP contribution in [0.15, 0.2) is 36.0 Å². The van der Waals surface area contributed by atoms with Crippen molar-refractivity contribution in [2.75, 3.05) is 11.9 Å². The van der Waals surface area contributed by atoms with E-state index in [2.05, 4.69) is 15.3 Å². The van der Waals surface area contributed by atoms with Crippen molar-refractivity contribution in [3.63, 3.8) is 0 Å². The van der Waals surface area contributed by atoms with Gasteiger partial charge in [0.05, 0.1) is 17.6 Å². The van der Waals surface area contributed by atoms with Crippen molar-refractivity contribution in [3.8, 4) is 5.75 Å². The first-order valence-corrected chi connectivity index (χ1v) is 7.52. The number of benzene rings is 1. The molecule has 2 aromatic heterocycles. The van der Waals surface area contributed by atoms with Crippen LogP contribution in [0.5, 0.6) is 5.75 Å². The van der Waals surface area contributed by atoms with E-state index < -0.39 is 5.97 Å². The highest BCUT2D eigenvalue weighted by Crippen LogP contribution is 2.31. The van der Waals surface area contributed by atoms with Crippen LogP contribution in [0, 0.1) is 0 Å². The Labute approximate surface area is 130 Å². The van der Waals surface area contributed by atoms with Crippen LogP contribution in [0.25, 0.3) is 10.2 Å². The van der Waals surface area contributed by atoms with E-state index in [1.165, 1.54) is 17.7 Å². The number of aromatic hydroxyl groups is 1. The lowest BCUT2D eigenvalue weighted by Crippen LogP contribution is -2.05. The monoisotopic (exact) mass is 315 g/mol. The summed E-state index contributed by atoms with van der Waals surface area (Å²) in [5, 5.41) is 15.0. The van der Waals surface area contributed by atoms with Gasteiger partial charge in [-0.3, -0.25) is 0 Å². The Hall–Kier alpha value is -2.67. The molecule has 0 atom stereocenters. The van der Waals surface area contributed by atoms with Crippen LogP contribution >= 0.6 is 11.3 Å². The molecule has 2 N–H and O–H groups in total. The highest BCUT2D eigenvalue weighted by atomic mass is 32.1. The molecule has 2 heterocycles. The molecular weight excluding hydrogens is 302 g/mol. The van der Waals surface area contributed by atoms with Crippen LogP contribution in [-0.4, -0.2) is 27.7 Å². The van der Waals surface area contributed by atoms with Gasteiger partial charge < -0.3 is 15.2 Å². The number of nitrogens with one attached hydrogen (secondary N) is 1. The number of hydrogen-bond donors (Lipinski definition) is 2. The third kappa shape index (κ3) is 2.71. The van der Waals surface area contributed by atoms with Crippen molar-refractivity contribution in [1.29, 1.82) is 0 Å². The Morgan fingerprint density at radius 2 is 2.27 bits per heavy atom. The van der Waals surface area contributed by atoms with E-state index in [1.54, 1.807) is 36.6 Å². The fraction of sp³-hybridized carbons (Fsp3) is 0.133. The Kier molecular flexibility index (Phi) is 3.88. The zero-order chi connectivity index (χ0) is 15.5. The summed E-state index contributed by atoms with van der Waals surface area (Å²) in [7, 11) is 0. The molecule has 0 aliphatic carbocycles. The quantitative estimate of drug-likeness (QED) is 0.719. The van der Waals surface area contributed by atoms with Crippen molar-refractivity contribution in [2.24, 2.45) is 0 Å². The number of hydrogen-bond acceptors (Lipinski definition) is 7. The molecule has 7 heteroatoms. The number of carbonyl (C=O) groups excluding carboxylic acids is 1. The van der Waals surface area contributed by atoms with Crippen molar-refractivity contribution >= 4 is 39.0 Å². The van der Waals surface area contributed by atoms with Crippen LogP contribution < -0.4 is 5.32 Å². The first-order chi connectivity index (χ1) is 10.7. The largest absolute Gasteiger partial charge is 0.508 e. The summed E-state index contributed by atoms with van der Waals surface area (Å²) in [6.45, 7) is 2.06. The maximum Gasteiger partial charge on any atom is 0.339 e. The second-order valence-electron chi connectivity index (χ2n) is 4.45. The summed E-state index contributed by atoms with van der Waals surface area (Å²) in [5.41, 5.74) is 1.10. The fourth-order valence-corrected chi connectivity index (χ4v) is 2.93. The molecule has 6 nitrogen and oxygen atoms in total. The lowest BCUT2D eigenvalue weighted by molar-refractivity contribution is 0.0529. The highest BCUT2D eigenvalue weighted by Gasteiger charge is 2.18. The molecule has 0 aliphatic rings. The van der Waals surface area contributed by atoms with Crippen LogP contribution in [0.4, 0.5) is 11.5 Å². The summed E-state index contributed by atoms with van der Waals surface area (Å²) in [5.74, 6) is 0.244. The third-order valence-corrected chi connectivity index (χ3v) is 3.86. The molecular formula is C15H13N3O3S. The van der Waals surface area contributed by atoms with Gasteiger partial charge in [0.1, 0.15) is 22.7 Å². The zero-order valence-electron chi connectivity index (χ0n) is 11.7. The van der Waals surface area contributed by atoms with Gasteiger partial charge in [0.25, 0.3) is 0 Å². The molecule has 3 aromatic rings. The van der Waals surface area contributed by atoms with E-state index in [4.69, 9.17) is 4.74 Å². The van der Waals surface area contributed by atoms with Crippen molar-refractivity contribution < 1.29 is 14.6 Å². The van der Waals surface area contributed by atoms with Crippen molar-refractivity contribution in [3.05, 3.63) is 41.5 Å². The van der Waals surface area contributed by atoms with Gasteiger partial charge in [-0.2, -0.15) is 0 Å². The van der Waals surface area contributed by atoms with E-state index in [0.717, 1.165) is 0 Å². The molecule has 0 bridgehead atoms. The Bertz CT molecular complexity index is 832. The van der Waals surface area contributed by atoms with Crippen LogP contribution in [0.2, 0.25) is 0 Å². The fourth-order valence-electron chi connectivity index (χ4n) is 2.05. The molecule has 0 fully saturated rings. The molecule has 0 saturated heterocycles. The average Bonchev–Trinajstić information content (AvgIpc) is 2.93. The van der Waals surface area contributed by atoms with Gasteiger partial charge in [-0.05, 0) is 19.1 Å². The maximum absolute atomic E-state index is 12.0. The summed E-state index contributed by atoms with van der Waals surface area (Å²) >= 11 is 1.35. The second kappa shape index (κ2) is 5.98. The van der Waals surface area contributed by atoms with Gasteiger partial charge in [-0.25, -0.2) is 14.8 Å². The Balaban J connectivity index is 2.05. The van der Waals surface area contributed by atoms with Gasteiger partial charge in [0.15, 0.2) is 0 Å².